The van der Waals surface area contributed by atoms with Gasteiger partial charge in [0.25, 0.3) is 10.0 Å². The molecule has 4 rings (SSSR count). The van der Waals surface area contributed by atoms with Crippen LogP contribution in [0.4, 0.5) is 11.4 Å². The maximum Gasteiger partial charge on any atom is 0.363 e. The van der Waals surface area contributed by atoms with Crippen molar-refractivity contribution in [2.24, 2.45) is 0 Å². The molecule has 0 radical (unpaired) electrons. The maximum absolute atomic E-state index is 13.0. The second-order valence-electron chi connectivity index (χ2n) is 6.95. The zero-order valence-electron chi connectivity index (χ0n) is 15.6. The van der Waals surface area contributed by atoms with Gasteiger partial charge < -0.3 is 9.73 Å². The summed E-state index contributed by atoms with van der Waals surface area (Å²) in [5.41, 5.74) is 2.28. The molecule has 1 heterocycles. The molecule has 7 heteroatoms. The van der Waals surface area contributed by atoms with E-state index in [1.807, 2.05) is 19.1 Å². The molecule has 2 aromatic carbocycles. The van der Waals surface area contributed by atoms with Gasteiger partial charge in [0.2, 0.25) is 0 Å². The molecule has 0 spiro atoms. The number of rotatable bonds is 6. The minimum Gasteiger partial charge on any atom is -0.421 e. The molecule has 28 heavy (non-hydrogen) atoms. The lowest BCUT2D eigenvalue weighted by Crippen LogP contribution is -2.21. The standard InChI is InChI=1S/C21H22N2O4S/c1-2-12-22-19-17-8-3-4-9-18(17)27-21(24)20(19)23-28(25,26)16-11-10-14-6-5-7-15(14)13-16/h3-4,8-11,13,22-23H,2,5-7,12H2,1H3. The minimum atomic E-state index is -3.92. The second kappa shape index (κ2) is 7.31. The molecule has 0 atom stereocenters. The van der Waals surface area contributed by atoms with Gasteiger partial charge in [0.15, 0.2) is 5.69 Å². The van der Waals surface area contributed by atoms with Crippen molar-refractivity contribution in [1.82, 2.24) is 0 Å². The van der Waals surface area contributed by atoms with Crippen molar-refractivity contribution in [1.29, 1.82) is 0 Å². The fraction of sp³-hybridized carbons (Fsp3) is 0.286. The van der Waals surface area contributed by atoms with E-state index in [1.165, 1.54) is 5.56 Å². The van der Waals surface area contributed by atoms with E-state index in [9.17, 15) is 13.2 Å². The molecule has 0 saturated carbocycles. The van der Waals surface area contributed by atoms with E-state index in [4.69, 9.17) is 4.42 Å². The predicted octanol–water partition coefficient (Wildman–Crippen LogP) is 3.90. The summed E-state index contributed by atoms with van der Waals surface area (Å²) in [4.78, 5) is 12.7. The Morgan fingerprint density at radius 2 is 1.82 bits per heavy atom. The van der Waals surface area contributed by atoms with Crippen molar-refractivity contribution in [3.63, 3.8) is 0 Å². The van der Waals surface area contributed by atoms with Crippen LogP contribution in [-0.2, 0) is 22.9 Å². The number of aryl methyl sites for hydroxylation is 2. The normalized spacial score (nSPS) is 13.5. The maximum atomic E-state index is 13.0. The lowest BCUT2D eigenvalue weighted by atomic mass is 10.1. The molecule has 3 aromatic rings. The van der Waals surface area contributed by atoms with Crippen molar-refractivity contribution in [2.45, 2.75) is 37.5 Å². The van der Waals surface area contributed by atoms with E-state index in [0.717, 1.165) is 31.2 Å². The van der Waals surface area contributed by atoms with E-state index in [1.54, 1.807) is 30.3 Å². The smallest absolute Gasteiger partial charge is 0.363 e. The summed E-state index contributed by atoms with van der Waals surface area (Å²) < 4.78 is 33.8. The van der Waals surface area contributed by atoms with Crippen LogP contribution in [0.15, 0.2) is 56.6 Å². The van der Waals surface area contributed by atoms with Crippen LogP contribution in [-0.4, -0.2) is 15.0 Å². The molecule has 0 amide bonds. The average molecular weight is 398 g/mol. The summed E-state index contributed by atoms with van der Waals surface area (Å²) in [5, 5.41) is 3.83. The van der Waals surface area contributed by atoms with Gasteiger partial charge in [0, 0.05) is 11.9 Å². The Morgan fingerprint density at radius 1 is 1.04 bits per heavy atom. The summed E-state index contributed by atoms with van der Waals surface area (Å²) >= 11 is 0. The lowest BCUT2D eigenvalue weighted by Gasteiger charge is -2.15. The van der Waals surface area contributed by atoms with Gasteiger partial charge in [-0.1, -0.05) is 25.1 Å². The molecular formula is C21H22N2O4S. The predicted molar refractivity (Wildman–Crippen MR) is 111 cm³/mol. The highest BCUT2D eigenvalue weighted by Crippen LogP contribution is 2.31. The zero-order valence-corrected chi connectivity index (χ0v) is 16.4. The third-order valence-corrected chi connectivity index (χ3v) is 6.33. The number of benzene rings is 2. The van der Waals surface area contributed by atoms with Gasteiger partial charge >= 0.3 is 5.63 Å². The Kier molecular flexibility index (Phi) is 4.85. The molecular weight excluding hydrogens is 376 g/mol. The number of hydrogen-bond acceptors (Lipinski definition) is 5. The van der Waals surface area contributed by atoms with Gasteiger partial charge in [-0.2, -0.15) is 0 Å². The van der Waals surface area contributed by atoms with Crippen LogP contribution in [0.2, 0.25) is 0 Å². The van der Waals surface area contributed by atoms with Crippen molar-refractivity contribution in [3.05, 3.63) is 64.0 Å². The van der Waals surface area contributed by atoms with Crippen molar-refractivity contribution in [3.8, 4) is 0 Å². The third-order valence-electron chi connectivity index (χ3n) is 4.98. The number of fused-ring (bicyclic) bond motifs is 2. The first-order valence-corrected chi connectivity index (χ1v) is 10.9. The van der Waals surface area contributed by atoms with Crippen LogP contribution < -0.4 is 15.7 Å². The number of para-hydroxylation sites is 1. The summed E-state index contributed by atoms with van der Waals surface area (Å²) in [7, 11) is -3.92. The van der Waals surface area contributed by atoms with Gasteiger partial charge in [0.1, 0.15) is 5.58 Å². The van der Waals surface area contributed by atoms with Gasteiger partial charge in [-0.25, -0.2) is 13.2 Å². The minimum absolute atomic E-state index is 0.0901. The van der Waals surface area contributed by atoms with Crippen LogP contribution >= 0.6 is 0 Å². The summed E-state index contributed by atoms with van der Waals surface area (Å²) in [6.45, 7) is 2.59. The highest BCUT2D eigenvalue weighted by Gasteiger charge is 2.23. The molecule has 0 saturated heterocycles. The topological polar surface area (TPSA) is 88.4 Å². The van der Waals surface area contributed by atoms with Gasteiger partial charge in [0.05, 0.1) is 10.6 Å². The number of hydrogen-bond donors (Lipinski definition) is 2. The van der Waals surface area contributed by atoms with Crippen LogP contribution in [0.1, 0.15) is 30.9 Å². The lowest BCUT2D eigenvalue weighted by molar-refractivity contribution is 0.563. The van der Waals surface area contributed by atoms with Crippen LogP contribution in [0.5, 0.6) is 0 Å². The Labute approximate surface area is 163 Å². The molecule has 146 valence electrons. The molecule has 1 aliphatic carbocycles. The summed E-state index contributed by atoms with van der Waals surface area (Å²) in [6.07, 6.45) is 3.71. The molecule has 0 unspecified atom stereocenters. The molecule has 0 fully saturated rings. The fourth-order valence-corrected chi connectivity index (χ4v) is 4.70. The number of anilines is 2. The Balaban J connectivity index is 1.80. The Morgan fingerprint density at radius 3 is 2.64 bits per heavy atom. The average Bonchev–Trinajstić information content (AvgIpc) is 3.15. The SMILES string of the molecule is CCCNc1c(NS(=O)(=O)c2ccc3c(c2)CCC3)c(=O)oc2ccccc12. The number of sulfonamides is 1. The van der Waals surface area contributed by atoms with Crippen LogP contribution in [0.3, 0.4) is 0 Å². The first-order valence-electron chi connectivity index (χ1n) is 9.44. The van der Waals surface area contributed by atoms with Crippen molar-refractivity contribution in [2.75, 3.05) is 16.6 Å². The van der Waals surface area contributed by atoms with Gasteiger partial charge in [-0.15, -0.1) is 0 Å². The second-order valence-corrected chi connectivity index (χ2v) is 8.63. The monoisotopic (exact) mass is 398 g/mol. The molecule has 0 aliphatic heterocycles. The van der Waals surface area contributed by atoms with Crippen molar-refractivity contribution < 1.29 is 12.8 Å². The number of nitrogens with one attached hydrogen (secondary N) is 2. The quantitative estimate of drug-likeness (QED) is 0.615. The highest BCUT2D eigenvalue weighted by atomic mass is 32.2. The van der Waals surface area contributed by atoms with E-state index in [2.05, 4.69) is 10.0 Å². The van der Waals surface area contributed by atoms with E-state index in [-0.39, 0.29) is 10.6 Å². The summed E-state index contributed by atoms with van der Waals surface area (Å²) in [6, 6.07) is 12.2. The summed E-state index contributed by atoms with van der Waals surface area (Å²) in [5.74, 6) is 0. The van der Waals surface area contributed by atoms with Gasteiger partial charge in [-0.05, 0) is 61.1 Å². The third kappa shape index (κ3) is 3.38. The highest BCUT2D eigenvalue weighted by molar-refractivity contribution is 7.92. The van der Waals surface area contributed by atoms with Crippen LogP contribution in [0.25, 0.3) is 11.0 Å². The molecule has 1 aromatic heterocycles. The zero-order chi connectivity index (χ0) is 19.7. The molecule has 0 bridgehead atoms. The van der Waals surface area contributed by atoms with E-state index < -0.39 is 15.6 Å². The fourth-order valence-electron chi connectivity index (χ4n) is 3.58. The molecule has 1 aliphatic rings. The largest absolute Gasteiger partial charge is 0.421 e. The molecule has 2 N–H and O–H groups in total. The van der Waals surface area contributed by atoms with E-state index in [0.29, 0.717) is 23.2 Å². The van der Waals surface area contributed by atoms with Crippen LogP contribution in [0, 0.1) is 0 Å². The van der Waals surface area contributed by atoms with Crippen molar-refractivity contribution >= 4 is 32.4 Å². The first kappa shape index (κ1) is 18.6. The van der Waals surface area contributed by atoms with Gasteiger partial charge in [-0.3, -0.25) is 4.72 Å². The molecule has 6 nitrogen and oxygen atoms in total. The first-order chi connectivity index (χ1) is 13.5. The Bertz CT molecular complexity index is 1200. The van der Waals surface area contributed by atoms with E-state index >= 15 is 0 Å². The Hall–Kier alpha value is -2.80.